The quantitative estimate of drug-likeness (QED) is 0.769. The molecule has 7 heteroatoms. The molecule has 2 heterocycles. The predicted molar refractivity (Wildman–Crippen MR) is 107 cm³/mol. The zero-order valence-electron chi connectivity index (χ0n) is 15.0. The SMILES string of the molecule is O=C1Nc2cc(C(=O)NCC3CCCO3)ccc2SC1=Cc1ccccc1F. The molecule has 1 fully saturated rings. The van der Waals surface area contributed by atoms with Crippen LogP contribution in [0.1, 0.15) is 28.8 Å². The van der Waals surface area contributed by atoms with Crippen molar-refractivity contribution in [1.29, 1.82) is 0 Å². The number of ether oxygens (including phenoxy) is 1. The number of carbonyl (C=O) groups excluding carboxylic acids is 2. The highest BCUT2D eigenvalue weighted by atomic mass is 32.2. The maximum atomic E-state index is 13.9. The Morgan fingerprint density at radius 3 is 2.96 bits per heavy atom. The molecular formula is C21H19FN2O3S. The summed E-state index contributed by atoms with van der Waals surface area (Å²) >= 11 is 1.25. The monoisotopic (exact) mass is 398 g/mol. The van der Waals surface area contributed by atoms with Crippen LogP contribution in [0, 0.1) is 5.82 Å². The van der Waals surface area contributed by atoms with Gasteiger partial charge in [-0.05, 0) is 43.2 Å². The Kier molecular flexibility index (Phi) is 5.45. The smallest absolute Gasteiger partial charge is 0.262 e. The minimum Gasteiger partial charge on any atom is -0.376 e. The van der Waals surface area contributed by atoms with Gasteiger partial charge in [-0.15, -0.1) is 0 Å². The number of thioether (sulfide) groups is 1. The normalized spacial score (nSPS) is 20.0. The molecular weight excluding hydrogens is 379 g/mol. The minimum absolute atomic E-state index is 0.0721. The summed E-state index contributed by atoms with van der Waals surface area (Å²) in [5, 5.41) is 5.66. The van der Waals surface area contributed by atoms with E-state index in [1.807, 2.05) is 0 Å². The number of nitrogens with one attached hydrogen (secondary N) is 2. The number of rotatable bonds is 4. The number of halogens is 1. The first-order valence-electron chi connectivity index (χ1n) is 9.09. The second-order valence-corrected chi connectivity index (χ2v) is 7.73. The molecule has 2 amide bonds. The Hall–Kier alpha value is -2.64. The Morgan fingerprint density at radius 2 is 2.18 bits per heavy atom. The second kappa shape index (κ2) is 8.16. The fourth-order valence-corrected chi connectivity index (χ4v) is 4.07. The van der Waals surface area contributed by atoms with E-state index in [9.17, 15) is 14.0 Å². The lowest BCUT2D eigenvalue weighted by atomic mass is 10.1. The van der Waals surface area contributed by atoms with Crippen molar-refractivity contribution in [1.82, 2.24) is 5.32 Å². The first-order chi connectivity index (χ1) is 13.6. The molecule has 4 rings (SSSR count). The molecule has 0 aliphatic carbocycles. The van der Waals surface area contributed by atoms with Crippen molar-refractivity contribution < 1.29 is 18.7 Å². The number of fused-ring (bicyclic) bond motifs is 1. The summed E-state index contributed by atoms with van der Waals surface area (Å²) in [4.78, 5) is 26.0. The van der Waals surface area contributed by atoms with E-state index in [1.165, 1.54) is 23.9 Å². The van der Waals surface area contributed by atoms with E-state index in [1.54, 1.807) is 36.4 Å². The molecule has 28 heavy (non-hydrogen) atoms. The fraction of sp³-hybridized carbons (Fsp3) is 0.238. The van der Waals surface area contributed by atoms with Crippen LogP contribution in [0.4, 0.5) is 10.1 Å². The van der Waals surface area contributed by atoms with Crippen molar-refractivity contribution in [3.05, 3.63) is 64.3 Å². The van der Waals surface area contributed by atoms with Gasteiger partial charge in [-0.1, -0.05) is 30.0 Å². The van der Waals surface area contributed by atoms with Gasteiger partial charge < -0.3 is 15.4 Å². The summed E-state index contributed by atoms with van der Waals surface area (Å²) < 4.78 is 19.4. The number of benzene rings is 2. The van der Waals surface area contributed by atoms with Crippen LogP contribution in [-0.2, 0) is 9.53 Å². The molecule has 1 atom stereocenters. The molecule has 2 aromatic rings. The summed E-state index contributed by atoms with van der Waals surface area (Å²) in [6, 6.07) is 11.5. The highest BCUT2D eigenvalue weighted by molar-refractivity contribution is 8.04. The molecule has 144 valence electrons. The molecule has 0 aromatic heterocycles. The Bertz CT molecular complexity index is 954. The topological polar surface area (TPSA) is 67.4 Å². The Balaban J connectivity index is 1.49. The molecule has 0 spiro atoms. The van der Waals surface area contributed by atoms with Gasteiger partial charge in [0.05, 0.1) is 16.7 Å². The van der Waals surface area contributed by atoms with Gasteiger partial charge in [-0.3, -0.25) is 9.59 Å². The maximum Gasteiger partial charge on any atom is 0.262 e. The predicted octanol–water partition coefficient (Wildman–Crippen LogP) is 3.82. The number of amides is 2. The molecule has 0 saturated carbocycles. The molecule has 0 radical (unpaired) electrons. The van der Waals surface area contributed by atoms with E-state index in [0.717, 1.165) is 24.3 Å². The molecule has 2 aliphatic heterocycles. The zero-order chi connectivity index (χ0) is 19.5. The Morgan fingerprint density at radius 1 is 1.32 bits per heavy atom. The van der Waals surface area contributed by atoms with Crippen LogP contribution in [0.3, 0.4) is 0 Å². The minimum atomic E-state index is -0.382. The Labute approximate surface area is 166 Å². The van der Waals surface area contributed by atoms with Crippen LogP contribution < -0.4 is 10.6 Å². The van der Waals surface area contributed by atoms with Crippen LogP contribution in [0.25, 0.3) is 6.08 Å². The van der Waals surface area contributed by atoms with Crippen LogP contribution in [-0.4, -0.2) is 31.1 Å². The van der Waals surface area contributed by atoms with Gasteiger partial charge in [0.1, 0.15) is 5.82 Å². The van der Waals surface area contributed by atoms with Crippen molar-refractivity contribution in [2.45, 2.75) is 23.8 Å². The lowest BCUT2D eigenvalue weighted by molar-refractivity contribution is -0.112. The third kappa shape index (κ3) is 4.10. The van der Waals surface area contributed by atoms with Gasteiger partial charge in [0.2, 0.25) is 0 Å². The average molecular weight is 398 g/mol. The summed E-state index contributed by atoms with van der Waals surface area (Å²) in [6.07, 6.45) is 3.57. The lowest BCUT2D eigenvalue weighted by Crippen LogP contribution is -2.31. The van der Waals surface area contributed by atoms with Gasteiger partial charge in [0.15, 0.2) is 0 Å². The summed E-state index contributed by atoms with van der Waals surface area (Å²) in [6.45, 7) is 1.22. The van der Waals surface area contributed by atoms with E-state index in [2.05, 4.69) is 10.6 Å². The van der Waals surface area contributed by atoms with Crippen molar-refractivity contribution >= 4 is 35.3 Å². The van der Waals surface area contributed by atoms with Crippen molar-refractivity contribution in [3.8, 4) is 0 Å². The van der Waals surface area contributed by atoms with Gasteiger partial charge in [-0.25, -0.2) is 4.39 Å². The fourth-order valence-electron chi connectivity index (χ4n) is 3.15. The standard InChI is InChI=1S/C21H19FN2O3S/c22-16-6-2-1-4-13(16)11-19-21(26)24-17-10-14(7-8-18(17)28-19)20(25)23-12-15-5-3-9-27-15/h1-2,4,6-8,10-11,15H,3,5,9,12H2,(H,23,25)(H,24,26). The summed E-state index contributed by atoms with van der Waals surface area (Å²) in [7, 11) is 0. The molecule has 1 unspecified atom stereocenters. The van der Waals surface area contributed by atoms with Crippen LogP contribution in [0.5, 0.6) is 0 Å². The van der Waals surface area contributed by atoms with Crippen LogP contribution in [0.15, 0.2) is 52.3 Å². The first kappa shape index (κ1) is 18.7. The third-order valence-corrected chi connectivity index (χ3v) is 5.74. The molecule has 2 N–H and O–H groups in total. The highest BCUT2D eigenvalue weighted by Gasteiger charge is 2.23. The highest BCUT2D eigenvalue weighted by Crippen LogP contribution is 2.39. The van der Waals surface area contributed by atoms with Gasteiger partial charge in [0, 0.05) is 29.2 Å². The lowest BCUT2D eigenvalue weighted by Gasteiger charge is -2.19. The second-order valence-electron chi connectivity index (χ2n) is 6.64. The summed E-state index contributed by atoms with van der Waals surface area (Å²) in [5.74, 6) is -0.907. The molecule has 1 saturated heterocycles. The van der Waals surface area contributed by atoms with E-state index >= 15 is 0 Å². The van der Waals surface area contributed by atoms with Gasteiger partial charge in [0.25, 0.3) is 11.8 Å². The molecule has 0 bridgehead atoms. The van der Waals surface area contributed by atoms with Crippen LogP contribution >= 0.6 is 11.8 Å². The van der Waals surface area contributed by atoms with Crippen molar-refractivity contribution in [3.63, 3.8) is 0 Å². The van der Waals surface area contributed by atoms with E-state index in [-0.39, 0.29) is 23.7 Å². The molecule has 2 aliphatic rings. The van der Waals surface area contributed by atoms with Crippen molar-refractivity contribution in [2.24, 2.45) is 0 Å². The van der Waals surface area contributed by atoms with Crippen molar-refractivity contribution in [2.75, 3.05) is 18.5 Å². The van der Waals surface area contributed by atoms with Gasteiger partial charge >= 0.3 is 0 Å². The third-order valence-electron chi connectivity index (χ3n) is 4.64. The largest absolute Gasteiger partial charge is 0.376 e. The maximum absolute atomic E-state index is 13.9. The number of carbonyl (C=O) groups is 2. The zero-order valence-corrected chi connectivity index (χ0v) is 15.9. The van der Waals surface area contributed by atoms with E-state index < -0.39 is 0 Å². The first-order valence-corrected chi connectivity index (χ1v) is 9.91. The summed E-state index contributed by atoms with van der Waals surface area (Å²) in [5.41, 5.74) is 1.40. The number of anilines is 1. The number of hydrogen-bond acceptors (Lipinski definition) is 4. The van der Waals surface area contributed by atoms with E-state index in [4.69, 9.17) is 4.74 Å². The average Bonchev–Trinajstić information content (AvgIpc) is 3.21. The number of hydrogen-bond donors (Lipinski definition) is 2. The molecule has 2 aromatic carbocycles. The molecule has 5 nitrogen and oxygen atoms in total. The van der Waals surface area contributed by atoms with Crippen LogP contribution in [0.2, 0.25) is 0 Å². The van der Waals surface area contributed by atoms with Gasteiger partial charge in [-0.2, -0.15) is 0 Å². The van der Waals surface area contributed by atoms with E-state index in [0.29, 0.717) is 28.3 Å².